The van der Waals surface area contributed by atoms with E-state index < -0.39 is 0 Å². The molecule has 6 heteroatoms. The molecule has 0 aliphatic rings. The summed E-state index contributed by atoms with van der Waals surface area (Å²) in [6, 6.07) is 3.57. The molecule has 2 aromatic heterocycles. The molecule has 16 heavy (non-hydrogen) atoms. The first-order chi connectivity index (χ1) is 7.81. The van der Waals surface area contributed by atoms with Crippen molar-refractivity contribution in [2.45, 2.75) is 6.54 Å². The Morgan fingerprint density at radius 1 is 1.56 bits per heavy atom. The summed E-state index contributed by atoms with van der Waals surface area (Å²) in [5.74, 6) is 0.496. The minimum absolute atomic E-state index is 0.338. The first-order valence-electron chi connectivity index (χ1n) is 4.57. The van der Waals surface area contributed by atoms with Crippen LogP contribution in [0.15, 0.2) is 24.8 Å². The van der Waals surface area contributed by atoms with Crippen LogP contribution in [0.5, 0.6) is 0 Å². The van der Waals surface area contributed by atoms with Gasteiger partial charge in [0.1, 0.15) is 16.9 Å². The van der Waals surface area contributed by atoms with Gasteiger partial charge < -0.3 is 10.3 Å². The number of aromatic nitrogens is 3. The number of imidazole rings is 1. The normalized spacial score (nSPS) is 9.75. The number of hydrogen-bond donors (Lipinski definition) is 2. The number of rotatable bonds is 3. The van der Waals surface area contributed by atoms with Crippen molar-refractivity contribution in [2.75, 3.05) is 5.32 Å². The summed E-state index contributed by atoms with van der Waals surface area (Å²) in [6.07, 6.45) is 4.84. The van der Waals surface area contributed by atoms with Crippen molar-refractivity contribution in [3.05, 3.63) is 41.1 Å². The minimum atomic E-state index is 0.338. The molecule has 0 aliphatic heterocycles. The van der Waals surface area contributed by atoms with Crippen molar-refractivity contribution in [3.63, 3.8) is 0 Å². The second-order valence-corrected chi connectivity index (χ2v) is 3.44. The highest BCUT2D eigenvalue weighted by atomic mass is 35.5. The predicted molar refractivity (Wildman–Crippen MR) is 59.9 cm³/mol. The van der Waals surface area contributed by atoms with Gasteiger partial charge >= 0.3 is 0 Å². The highest BCUT2D eigenvalue weighted by Gasteiger charge is 2.06. The quantitative estimate of drug-likeness (QED) is 0.849. The van der Waals surface area contributed by atoms with Crippen molar-refractivity contribution < 1.29 is 0 Å². The summed E-state index contributed by atoms with van der Waals surface area (Å²) >= 11 is 5.98. The maximum Gasteiger partial charge on any atom is 0.146 e. The summed E-state index contributed by atoms with van der Waals surface area (Å²) < 4.78 is 0. The number of nitriles is 1. The van der Waals surface area contributed by atoms with E-state index in [0.717, 1.165) is 5.69 Å². The monoisotopic (exact) mass is 233 g/mol. The first-order valence-corrected chi connectivity index (χ1v) is 4.95. The number of nitrogens with one attached hydrogen (secondary N) is 2. The lowest BCUT2D eigenvalue weighted by Gasteiger charge is -2.06. The van der Waals surface area contributed by atoms with E-state index in [0.29, 0.717) is 22.9 Å². The fourth-order valence-electron chi connectivity index (χ4n) is 1.21. The molecular formula is C10H8ClN5. The zero-order valence-corrected chi connectivity index (χ0v) is 8.99. The van der Waals surface area contributed by atoms with Gasteiger partial charge in [-0.2, -0.15) is 5.26 Å². The van der Waals surface area contributed by atoms with E-state index in [9.17, 15) is 0 Å². The van der Waals surface area contributed by atoms with Gasteiger partial charge in [0.15, 0.2) is 0 Å². The molecule has 0 aromatic carbocycles. The van der Waals surface area contributed by atoms with Gasteiger partial charge in [-0.05, 0) is 6.07 Å². The largest absolute Gasteiger partial charge is 0.363 e. The second kappa shape index (κ2) is 4.64. The van der Waals surface area contributed by atoms with E-state index in [1.165, 1.54) is 0 Å². The number of pyridine rings is 1. The van der Waals surface area contributed by atoms with Crippen molar-refractivity contribution in [1.82, 2.24) is 15.0 Å². The van der Waals surface area contributed by atoms with Gasteiger partial charge in [-0.25, -0.2) is 9.97 Å². The van der Waals surface area contributed by atoms with Gasteiger partial charge in [0.25, 0.3) is 0 Å². The third kappa shape index (κ3) is 2.12. The van der Waals surface area contributed by atoms with E-state index >= 15 is 0 Å². The van der Waals surface area contributed by atoms with Gasteiger partial charge in [0.05, 0.1) is 24.1 Å². The molecule has 0 saturated heterocycles. The molecule has 5 nitrogen and oxygen atoms in total. The molecule has 80 valence electrons. The van der Waals surface area contributed by atoms with Crippen LogP contribution in [0.4, 0.5) is 5.82 Å². The Labute approximate surface area is 97.1 Å². The zero-order chi connectivity index (χ0) is 11.4. The number of anilines is 1. The lowest BCUT2D eigenvalue weighted by molar-refractivity contribution is 1.05. The van der Waals surface area contributed by atoms with E-state index in [1.54, 1.807) is 24.8 Å². The molecule has 0 saturated carbocycles. The lowest BCUT2D eigenvalue weighted by atomic mass is 10.3. The summed E-state index contributed by atoms with van der Waals surface area (Å²) in [4.78, 5) is 10.9. The maximum atomic E-state index is 8.79. The molecule has 0 bridgehead atoms. The van der Waals surface area contributed by atoms with Crippen molar-refractivity contribution in [3.8, 4) is 6.07 Å². The molecule has 2 N–H and O–H groups in total. The number of hydrogen-bond acceptors (Lipinski definition) is 4. The van der Waals surface area contributed by atoms with Crippen LogP contribution in [0, 0.1) is 11.3 Å². The average Bonchev–Trinajstić information content (AvgIpc) is 2.81. The van der Waals surface area contributed by atoms with Gasteiger partial charge in [-0.3, -0.25) is 0 Å². The highest BCUT2D eigenvalue weighted by Crippen LogP contribution is 2.22. The Hall–Kier alpha value is -2.06. The predicted octanol–water partition coefficient (Wildman–Crippen LogP) is 1.94. The van der Waals surface area contributed by atoms with E-state index in [2.05, 4.69) is 20.3 Å². The molecule has 0 radical (unpaired) electrons. The van der Waals surface area contributed by atoms with Gasteiger partial charge in [-0.15, -0.1) is 0 Å². The van der Waals surface area contributed by atoms with E-state index in [-0.39, 0.29) is 0 Å². The Kier molecular flexibility index (Phi) is 3.03. The van der Waals surface area contributed by atoms with E-state index in [4.69, 9.17) is 16.9 Å². The smallest absolute Gasteiger partial charge is 0.146 e. The molecular weight excluding hydrogens is 226 g/mol. The van der Waals surface area contributed by atoms with Crippen LogP contribution in [-0.4, -0.2) is 15.0 Å². The second-order valence-electron chi connectivity index (χ2n) is 3.06. The summed E-state index contributed by atoms with van der Waals surface area (Å²) in [6.45, 7) is 0.529. The van der Waals surface area contributed by atoms with Crippen molar-refractivity contribution in [2.24, 2.45) is 0 Å². The SMILES string of the molecule is N#Cc1ccnc(NCc2cnc[nH]2)c1Cl. The lowest BCUT2D eigenvalue weighted by Crippen LogP contribution is -2.02. The average molecular weight is 234 g/mol. The molecule has 2 rings (SSSR count). The fourth-order valence-corrected chi connectivity index (χ4v) is 1.43. The molecule has 2 heterocycles. The van der Waals surface area contributed by atoms with Gasteiger partial charge in [-0.1, -0.05) is 11.6 Å². The summed E-state index contributed by atoms with van der Waals surface area (Å²) in [5, 5.41) is 12.2. The molecule has 0 unspecified atom stereocenters. The molecule has 0 fully saturated rings. The van der Waals surface area contributed by atoms with Crippen LogP contribution in [0.1, 0.15) is 11.3 Å². The van der Waals surface area contributed by atoms with Crippen LogP contribution in [-0.2, 0) is 6.54 Å². The molecule has 0 atom stereocenters. The fraction of sp³-hybridized carbons (Fsp3) is 0.100. The van der Waals surface area contributed by atoms with Crippen molar-refractivity contribution in [1.29, 1.82) is 5.26 Å². The van der Waals surface area contributed by atoms with E-state index in [1.807, 2.05) is 6.07 Å². The standard InChI is InChI=1S/C10H8ClN5/c11-9-7(3-12)1-2-14-10(9)15-5-8-4-13-6-16-8/h1-2,4,6H,5H2,(H,13,16)(H,14,15). The van der Waals surface area contributed by atoms with Crippen LogP contribution >= 0.6 is 11.6 Å². The summed E-state index contributed by atoms with van der Waals surface area (Å²) in [7, 11) is 0. The molecule has 0 aliphatic carbocycles. The first kappa shape index (κ1) is 10.5. The maximum absolute atomic E-state index is 8.79. The Balaban J connectivity index is 2.13. The number of aromatic amines is 1. The third-order valence-electron chi connectivity index (χ3n) is 2.01. The number of halogens is 1. The summed E-state index contributed by atoms with van der Waals surface area (Å²) in [5.41, 5.74) is 1.32. The van der Waals surface area contributed by atoms with Crippen molar-refractivity contribution >= 4 is 17.4 Å². The minimum Gasteiger partial charge on any atom is -0.363 e. The number of H-pyrrole nitrogens is 1. The van der Waals surface area contributed by atoms with Crippen LogP contribution in [0.2, 0.25) is 5.02 Å². The molecule has 0 spiro atoms. The zero-order valence-electron chi connectivity index (χ0n) is 8.24. The van der Waals surface area contributed by atoms with Gasteiger partial charge in [0, 0.05) is 12.4 Å². The highest BCUT2D eigenvalue weighted by molar-refractivity contribution is 6.34. The molecule has 0 amide bonds. The molecule has 2 aromatic rings. The third-order valence-corrected chi connectivity index (χ3v) is 2.39. The van der Waals surface area contributed by atoms with Crippen LogP contribution in [0.3, 0.4) is 0 Å². The Bertz CT molecular complexity index is 515. The van der Waals surface area contributed by atoms with Crippen LogP contribution in [0.25, 0.3) is 0 Å². The topological polar surface area (TPSA) is 77.4 Å². The Morgan fingerprint density at radius 2 is 2.44 bits per heavy atom. The Morgan fingerprint density at radius 3 is 3.12 bits per heavy atom. The number of nitrogens with zero attached hydrogens (tertiary/aromatic N) is 3. The van der Waals surface area contributed by atoms with Crippen LogP contribution < -0.4 is 5.32 Å². The van der Waals surface area contributed by atoms with Gasteiger partial charge in [0.2, 0.25) is 0 Å².